The average molecular weight is 307 g/mol. The molecule has 0 radical (unpaired) electrons. The predicted octanol–water partition coefficient (Wildman–Crippen LogP) is 4.70. The van der Waals surface area contributed by atoms with Crippen molar-refractivity contribution in [1.82, 2.24) is 0 Å². The van der Waals surface area contributed by atoms with E-state index in [9.17, 15) is 5.26 Å². The van der Waals surface area contributed by atoms with E-state index in [1.807, 2.05) is 18.2 Å². The lowest BCUT2D eigenvalue weighted by Crippen LogP contribution is -2.32. The fourth-order valence-corrected chi connectivity index (χ4v) is 3.18. The number of rotatable bonds is 3. The van der Waals surface area contributed by atoms with Gasteiger partial charge in [-0.2, -0.15) is 5.26 Å². The van der Waals surface area contributed by atoms with Crippen molar-refractivity contribution in [2.45, 2.75) is 45.1 Å². The predicted molar refractivity (Wildman–Crippen MR) is 78.5 cm³/mol. The van der Waals surface area contributed by atoms with E-state index in [2.05, 4.69) is 34.2 Å². The highest BCUT2D eigenvalue weighted by molar-refractivity contribution is 9.10. The summed E-state index contributed by atoms with van der Waals surface area (Å²) < 4.78 is 0.959. The first-order valence-corrected chi connectivity index (χ1v) is 7.50. The van der Waals surface area contributed by atoms with Gasteiger partial charge in [-0.05, 0) is 37.0 Å². The summed E-state index contributed by atoms with van der Waals surface area (Å²) in [6, 6.07) is 8.67. The molecule has 3 heteroatoms. The molecule has 2 nitrogen and oxygen atoms in total. The highest BCUT2D eigenvalue weighted by Crippen LogP contribution is 2.30. The Morgan fingerprint density at radius 1 is 1.39 bits per heavy atom. The molecule has 2 atom stereocenters. The van der Waals surface area contributed by atoms with Crippen LogP contribution in [0.4, 0.5) is 5.69 Å². The number of hydrogen-bond acceptors (Lipinski definition) is 2. The minimum atomic E-state index is 0.525. The summed E-state index contributed by atoms with van der Waals surface area (Å²) in [6.45, 7) is 2.26. The lowest BCUT2D eigenvalue weighted by Gasteiger charge is -2.32. The quantitative estimate of drug-likeness (QED) is 0.878. The zero-order chi connectivity index (χ0) is 13.0. The molecule has 96 valence electrons. The number of nitrogens with one attached hydrogen (secondary N) is 1. The topological polar surface area (TPSA) is 35.8 Å². The molecule has 2 unspecified atom stereocenters. The Kier molecular flexibility index (Phi) is 4.66. The average Bonchev–Trinajstić information content (AvgIpc) is 2.41. The Hall–Kier alpha value is -1.01. The third kappa shape index (κ3) is 3.05. The van der Waals surface area contributed by atoms with Gasteiger partial charge in [0, 0.05) is 10.5 Å². The Balaban J connectivity index is 2.15. The summed E-state index contributed by atoms with van der Waals surface area (Å²) in [5, 5.41) is 12.8. The van der Waals surface area contributed by atoms with Crippen molar-refractivity contribution in [1.29, 1.82) is 5.26 Å². The molecule has 1 aromatic carbocycles. The van der Waals surface area contributed by atoms with Crippen molar-refractivity contribution in [3.05, 3.63) is 28.2 Å². The fourth-order valence-electron chi connectivity index (χ4n) is 2.82. The molecule has 1 N–H and O–H groups in total. The van der Waals surface area contributed by atoms with Gasteiger partial charge in [0.25, 0.3) is 0 Å². The van der Waals surface area contributed by atoms with Crippen molar-refractivity contribution in [3.63, 3.8) is 0 Å². The van der Waals surface area contributed by atoms with Gasteiger partial charge in [0.05, 0.1) is 11.3 Å². The summed E-state index contributed by atoms with van der Waals surface area (Å²) in [4.78, 5) is 0. The lowest BCUT2D eigenvalue weighted by atomic mass is 9.82. The second-order valence-corrected chi connectivity index (χ2v) is 5.92. The molecule has 1 aromatic rings. The summed E-state index contributed by atoms with van der Waals surface area (Å²) in [6.07, 6.45) is 6.40. The van der Waals surface area contributed by atoms with Gasteiger partial charge >= 0.3 is 0 Å². The summed E-state index contributed by atoms with van der Waals surface area (Å²) in [5.41, 5.74) is 1.70. The molecule has 0 saturated heterocycles. The van der Waals surface area contributed by atoms with E-state index < -0.39 is 0 Å². The van der Waals surface area contributed by atoms with Crippen molar-refractivity contribution in [3.8, 4) is 6.07 Å². The van der Waals surface area contributed by atoms with Gasteiger partial charge in [0.2, 0.25) is 0 Å². The van der Waals surface area contributed by atoms with Crippen LogP contribution >= 0.6 is 15.9 Å². The molecule has 0 bridgehead atoms. The van der Waals surface area contributed by atoms with Crippen LogP contribution in [0.5, 0.6) is 0 Å². The molecule has 18 heavy (non-hydrogen) atoms. The van der Waals surface area contributed by atoms with Gasteiger partial charge in [0.1, 0.15) is 6.07 Å². The first kappa shape index (κ1) is 13.4. The van der Waals surface area contributed by atoms with Crippen molar-refractivity contribution < 1.29 is 0 Å². The van der Waals surface area contributed by atoms with Crippen LogP contribution in [0.3, 0.4) is 0 Å². The molecular formula is C15H19BrN2. The third-order valence-electron chi connectivity index (χ3n) is 3.88. The standard InChI is InChI=1S/C15H19BrN2/c1-2-11-5-3-4-6-14(11)18-15-8-7-13(16)9-12(15)10-17/h7-9,11,14,18H,2-6H2,1H3. The number of benzene rings is 1. The van der Waals surface area contributed by atoms with E-state index in [1.54, 1.807) is 0 Å². The summed E-state index contributed by atoms with van der Waals surface area (Å²) in [7, 11) is 0. The smallest absolute Gasteiger partial charge is 0.101 e. The zero-order valence-electron chi connectivity index (χ0n) is 10.7. The molecule has 2 rings (SSSR count). The van der Waals surface area contributed by atoms with Crippen LogP contribution in [0.2, 0.25) is 0 Å². The molecule has 0 spiro atoms. The second kappa shape index (κ2) is 6.24. The molecule has 0 aromatic heterocycles. The highest BCUT2D eigenvalue weighted by atomic mass is 79.9. The monoisotopic (exact) mass is 306 g/mol. The Labute approximate surface area is 118 Å². The van der Waals surface area contributed by atoms with Gasteiger partial charge in [-0.1, -0.05) is 42.1 Å². The molecule has 1 saturated carbocycles. The Morgan fingerprint density at radius 2 is 2.17 bits per heavy atom. The maximum atomic E-state index is 9.18. The Morgan fingerprint density at radius 3 is 2.89 bits per heavy atom. The van der Waals surface area contributed by atoms with Crippen LogP contribution in [0.1, 0.15) is 44.6 Å². The van der Waals surface area contributed by atoms with Gasteiger partial charge in [0.15, 0.2) is 0 Å². The van der Waals surface area contributed by atoms with E-state index >= 15 is 0 Å². The SMILES string of the molecule is CCC1CCCCC1Nc1ccc(Br)cc1C#N. The Bertz CT molecular complexity index is 450. The van der Waals surface area contributed by atoms with E-state index in [1.165, 1.54) is 32.1 Å². The normalized spacial score (nSPS) is 23.4. The van der Waals surface area contributed by atoms with Crippen molar-refractivity contribution in [2.24, 2.45) is 5.92 Å². The van der Waals surface area contributed by atoms with Gasteiger partial charge in [-0.3, -0.25) is 0 Å². The maximum absolute atomic E-state index is 9.18. The number of nitrogens with zero attached hydrogens (tertiary/aromatic N) is 1. The molecule has 1 fully saturated rings. The van der Waals surface area contributed by atoms with Crippen LogP contribution < -0.4 is 5.32 Å². The first-order chi connectivity index (χ1) is 8.74. The molecule has 1 aliphatic carbocycles. The number of nitriles is 1. The van der Waals surface area contributed by atoms with Gasteiger partial charge < -0.3 is 5.32 Å². The molecule has 1 aliphatic rings. The number of hydrogen-bond donors (Lipinski definition) is 1. The molecule has 0 amide bonds. The molecule has 0 heterocycles. The van der Waals surface area contributed by atoms with Crippen molar-refractivity contribution in [2.75, 3.05) is 5.32 Å². The summed E-state index contributed by atoms with van der Waals surface area (Å²) >= 11 is 3.41. The maximum Gasteiger partial charge on any atom is 0.101 e. The first-order valence-electron chi connectivity index (χ1n) is 6.70. The van der Waals surface area contributed by atoms with Crippen LogP contribution in [-0.4, -0.2) is 6.04 Å². The number of anilines is 1. The van der Waals surface area contributed by atoms with Crippen LogP contribution in [-0.2, 0) is 0 Å². The van der Waals surface area contributed by atoms with E-state index in [0.29, 0.717) is 6.04 Å². The summed E-state index contributed by atoms with van der Waals surface area (Å²) in [5.74, 6) is 0.744. The van der Waals surface area contributed by atoms with E-state index in [-0.39, 0.29) is 0 Å². The van der Waals surface area contributed by atoms with E-state index in [4.69, 9.17) is 0 Å². The van der Waals surface area contributed by atoms with Crippen molar-refractivity contribution >= 4 is 21.6 Å². The van der Waals surface area contributed by atoms with Gasteiger partial charge in [-0.25, -0.2) is 0 Å². The van der Waals surface area contributed by atoms with Crippen LogP contribution in [0, 0.1) is 17.2 Å². The zero-order valence-corrected chi connectivity index (χ0v) is 12.3. The van der Waals surface area contributed by atoms with Crippen LogP contribution in [0.15, 0.2) is 22.7 Å². The van der Waals surface area contributed by atoms with E-state index in [0.717, 1.165) is 21.6 Å². The van der Waals surface area contributed by atoms with Crippen LogP contribution in [0.25, 0.3) is 0 Å². The fraction of sp³-hybridized carbons (Fsp3) is 0.533. The largest absolute Gasteiger partial charge is 0.381 e. The molecular weight excluding hydrogens is 288 g/mol. The lowest BCUT2D eigenvalue weighted by molar-refractivity contribution is 0.317. The number of halogens is 1. The molecule has 0 aliphatic heterocycles. The highest BCUT2D eigenvalue weighted by Gasteiger charge is 2.23. The van der Waals surface area contributed by atoms with Gasteiger partial charge in [-0.15, -0.1) is 0 Å². The minimum Gasteiger partial charge on any atom is -0.381 e. The second-order valence-electron chi connectivity index (χ2n) is 5.01. The minimum absolute atomic E-state index is 0.525. The third-order valence-corrected chi connectivity index (χ3v) is 4.37.